The van der Waals surface area contributed by atoms with Crippen LogP contribution in [-0.4, -0.2) is 43.4 Å². The highest BCUT2D eigenvalue weighted by atomic mass is 19.1. The first-order chi connectivity index (χ1) is 13.9. The van der Waals surface area contributed by atoms with E-state index in [4.69, 9.17) is 9.47 Å². The lowest BCUT2D eigenvalue weighted by Gasteiger charge is -2.33. The highest BCUT2D eigenvalue weighted by Gasteiger charge is 2.33. The van der Waals surface area contributed by atoms with E-state index in [0.717, 1.165) is 0 Å². The van der Waals surface area contributed by atoms with E-state index in [9.17, 15) is 18.8 Å². The standard InChI is InChI=1S/C21H21FN2O5/c1-3-23-21(27)13(2)24-17-10-14(4-9-19(17)29-12-20(24)26)18(25)11-28-16-7-5-15(22)6-8-16/h4-10,13H,3,11-12H2,1-2H3,(H,23,27). The van der Waals surface area contributed by atoms with Gasteiger partial charge in [-0.25, -0.2) is 4.39 Å². The van der Waals surface area contributed by atoms with Crippen LogP contribution in [0.3, 0.4) is 0 Å². The number of hydrogen-bond acceptors (Lipinski definition) is 5. The summed E-state index contributed by atoms with van der Waals surface area (Å²) in [7, 11) is 0. The van der Waals surface area contributed by atoms with Crippen molar-refractivity contribution in [1.82, 2.24) is 5.32 Å². The van der Waals surface area contributed by atoms with Gasteiger partial charge in [0.2, 0.25) is 5.91 Å². The quantitative estimate of drug-likeness (QED) is 0.721. The average Bonchev–Trinajstić information content (AvgIpc) is 2.72. The molecule has 2 aromatic rings. The van der Waals surface area contributed by atoms with E-state index >= 15 is 0 Å². The molecule has 1 heterocycles. The van der Waals surface area contributed by atoms with Crippen molar-refractivity contribution >= 4 is 23.3 Å². The predicted octanol–water partition coefficient (Wildman–Crippen LogP) is 2.34. The molecule has 0 aliphatic carbocycles. The third-order valence-electron chi connectivity index (χ3n) is 4.46. The molecule has 1 unspecified atom stereocenters. The highest BCUT2D eigenvalue weighted by Crippen LogP contribution is 2.34. The van der Waals surface area contributed by atoms with E-state index < -0.39 is 11.9 Å². The molecule has 0 saturated carbocycles. The van der Waals surface area contributed by atoms with E-state index in [1.54, 1.807) is 26.0 Å². The summed E-state index contributed by atoms with van der Waals surface area (Å²) >= 11 is 0. The van der Waals surface area contributed by atoms with E-state index in [2.05, 4.69) is 5.32 Å². The van der Waals surface area contributed by atoms with Crippen LogP contribution in [0.25, 0.3) is 0 Å². The Bertz CT molecular complexity index is 929. The number of anilines is 1. The summed E-state index contributed by atoms with van der Waals surface area (Å²) in [5.41, 5.74) is 0.657. The van der Waals surface area contributed by atoms with Crippen molar-refractivity contribution in [3.05, 3.63) is 53.8 Å². The molecule has 8 heteroatoms. The lowest BCUT2D eigenvalue weighted by atomic mass is 10.1. The molecular weight excluding hydrogens is 379 g/mol. The third kappa shape index (κ3) is 4.53. The molecule has 29 heavy (non-hydrogen) atoms. The van der Waals surface area contributed by atoms with Gasteiger partial charge < -0.3 is 14.8 Å². The molecule has 1 aliphatic heterocycles. The summed E-state index contributed by atoms with van der Waals surface area (Å²) in [6, 6.07) is 9.24. The van der Waals surface area contributed by atoms with E-state index in [1.165, 1.54) is 35.2 Å². The van der Waals surface area contributed by atoms with Crippen LogP contribution < -0.4 is 19.7 Å². The minimum Gasteiger partial charge on any atom is -0.485 e. The van der Waals surface area contributed by atoms with Crippen molar-refractivity contribution < 1.29 is 28.2 Å². The maximum Gasteiger partial charge on any atom is 0.265 e. The molecule has 2 amide bonds. The first-order valence-corrected chi connectivity index (χ1v) is 9.19. The van der Waals surface area contributed by atoms with Crippen LogP contribution in [0.1, 0.15) is 24.2 Å². The lowest BCUT2D eigenvalue weighted by Crippen LogP contribution is -2.51. The molecule has 0 saturated heterocycles. The highest BCUT2D eigenvalue weighted by molar-refractivity contribution is 6.05. The molecule has 0 fully saturated rings. The summed E-state index contributed by atoms with van der Waals surface area (Å²) in [5, 5.41) is 2.69. The van der Waals surface area contributed by atoms with Gasteiger partial charge >= 0.3 is 0 Å². The molecule has 152 valence electrons. The largest absolute Gasteiger partial charge is 0.485 e. The van der Waals surface area contributed by atoms with Crippen molar-refractivity contribution in [2.45, 2.75) is 19.9 Å². The number of amides is 2. The SMILES string of the molecule is CCNC(=O)C(C)N1C(=O)COc2ccc(C(=O)COc3ccc(F)cc3)cc21. The monoisotopic (exact) mass is 400 g/mol. The van der Waals surface area contributed by atoms with Crippen LogP contribution in [0.2, 0.25) is 0 Å². The fourth-order valence-corrected chi connectivity index (χ4v) is 2.97. The fourth-order valence-electron chi connectivity index (χ4n) is 2.97. The number of nitrogens with zero attached hydrogens (tertiary/aromatic N) is 1. The van der Waals surface area contributed by atoms with Gasteiger partial charge in [0.15, 0.2) is 19.0 Å². The van der Waals surface area contributed by atoms with Gasteiger partial charge in [-0.1, -0.05) is 0 Å². The Kier molecular flexibility index (Phi) is 6.11. The Balaban J connectivity index is 1.80. The average molecular weight is 400 g/mol. The molecule has 7 nitrogen and oxygen atoms in total. The van der Waals surface area contributed by atoms with E-state index in [0.29, 0.717) is 29.3 Å². The van der Waals surface area contributed by atoms with Crippen LogP contribution in [0.15, 0.2) is 42.5 Å². The normalized spacial score (nSPS) is 13.9. The van der Waals surface area contributed by atoms with Crippen LogP contribution in [-0.2, 0) is 9.59 Å². The van der Waals surface area contributed by atoms with E-state index in [-0.39, 0.29) is 30.8 Å². The second-order valence-corrected chi connectivity index (χ2v) is 6.47. The number of carbonyl (C=O) groups is 3. The van der Waals surface area contributed by atoms with Crippen LogP contribution in [0.4, 0.5) is 10.1 Å². The molecule has 1 N–H and O–H groups in total. The van der Waals surface area contributed by atoms with Crippen molar-refractivity contribution in [2.24, 2.45) is 0 Å². The molecule has 0 bridgehead atoms. The number of ketones is 1. The summed E-state index contributed by atoms with van der Waals surface area (Å²) in [6.07, 6.45) is 0. The van der Waals surface area contributed by atoms with Crippen molar-refractivity contribution in [1.29, 1.82) is 0 Å². The van der Waals surface area contributed by atoms with Gasteiger partial charge in [-0.2, -0.15) is 0 Å². The van der Waals surface area contributed by atoms with Crippen molar-refractivity contribution in [3.8, 4) is 11.5 Å². The lowest BCUT2D eigenvalue weighted by molar-refractivity contribution is -0.127. The molecule has 0 radical (unpaired) electrons. The van der Waals surface area contributed by atoms with Crippen LogP contribution in [0, 0.1) is 5.82 Å². The first kappa shape index (κ1) is 20.3. The Hall–Kier alpha value is -3.42. The summed E-state index contributed by atoms with van der Waals surface area (Å²) in [5.74, 6) is -0.627. The van der Waals surface area contributed by atoms with Gasteiger partial charge in [0, 0.05) is 12.1 Å². The third-order valence-corrected chi connectivity index (χ3v) is 4.46. The zero-order valence-corrected chi connectivity index (χ0v) is 16.1. The van der Waals surface area contributed by atoms with Crippen molar-refractivity contribution in [3.63, 3.8) is 0 Å². The number of rotatable bonds is 7. The Labute approximate surface area is 167 Å². The van der Waals surface area contributed by atoms with Gasteiger partial charge in [0.25, 0.3) is 5.91 Å². The molecular formula is C21H21FN2O5. The van der Waals surface area contributed by atoms with Crippen LogP contribution in [0.5, 0.6) is 11.5 Å². The minimum absolute atomic E-state index is 0.183. The number of hydrogen-bond donors (Lipinski definition) is 1. The minimum atomic E-state index is -0.758. The summed E-state index contributed by atoms with van der Waals surface area (Å²) in [6.45, 7) is 3.40. The predicted molar refractivity (Wildman–Crippen MR) is 104 cm³/mol. The van der Waals surface area contributed by atoms with Gasteiger partial charge in [-0.3, -0.25) is 19.3 Å². The second kappa shape index (κ2) is 8.72. The van der Waals surface area contributed by atoms with Gasteiger partial charge in [0.1, 0.15) is 23.4 Å². The molecule has 0 spiro atoms. The number of ether oxygens (including phenoxy) is 2. The zero-order valence-electron chi connectivity index (χ0n) is 16.1. The molecule has 3 rings (SSSR count). The van der Waals surface area contributed by atoms with Gasteiger partial charge in [-0.05, 0) is 56.3 Å². The molecule has 0 aromatic heterocycles. The van der Waals surface area contributed by atoms with Gasteiger partial charge in [-0.15, -0.1) is 0 Å². The summed E-state index contributed by atoms with van der Waals surface area (Å²) < 4.78 is 23.8. The Morgan fingerprint density at radius 2 is 1.97 bits per heavy atom. The molecule has 1 aliphatic rings. The number of nitrogens with one attached hydrogen (secondary N) is 1. The number of carbonyl (C=O) groups excluding carboxylic acids is 3. The smallest absolute Gasteiger partial charge is 0.265 e. The maximum atomic E-state index is 13.0. The van der Waals surface area contributed by atoms with Gasteiger partial charge in [0.05, 0.1) is 5.69 Å². The maximum absolute atomic E-state index is 13.0. The Morgan fingerprint density at radius 3 is 2.66 bits per heavy atom. The van der Waals surface area contributed by atoms with E-state index in [1.807, 2.05) is 0 Å². The second-order valence-electron chi connectivity index (χ2n) is 6.47. The fraction of sp³-hybridized carbons (Fsp3) is 0.286. The number of likely N-dealkylation sites (N-methyl/N-ethyl adjacent to an activating group) is 1. The number of fused-ring (bicyclic) bond motifs is 1. The Morgan fingerprint density at radius 1 is 1.24 bits per heavy atom. The molecule has 1 atom stereocenters. The number of Topliss-reactive ketones (excluding diaryl/α,β-unsaturated/α-hetero) is 1. The first-order valence-electron chi connectivity index (χ1n) is 9.19. The number of halogens is 1. The zero-order chi connectivity index (χ0) is 21.0. The van der Waals surface area contributed by atoms with Crippen molar-refractivity contribution in [2.75, 3.05) is 24.7 Å². The molecule has 2 aromatic carbocycles. The van der Waals surface area contributed by atoms with Crippen LogP contribution >= 0.6 is 0 Å². The summed E-state index contributed by atoms with van der Waals surface area (Å²) in [4.78, 5) is 38.5. The number of benzene rings is 2. The topological polar surface area (TPSA) is 84.9 Å².